The van der Waals surface area contributed by atoms with Gasteiger partial charge >= 0.3 is 12.1 Å². The maximum Gasteiger partial charge on any atom is 0.417 e. The minimum Gasteiger partial charge on any atom is -0.444 e. The lowest BCUT2D eigenvalue weighted by Crippen LogP contribution is -2.38. The quantitative estimate of drug-likeness (QED) is 0.623. The van der Waals surface area contributed by atoms with Crippen LogP contribution in [0.15, 0.2) is 30.3 Å². The summed E-state index contributed by atoms with van der Waals surface area (Å²) in [7, 11) is 0. The van der Waals surface area contributed by atoms with Gasteiger partial charge in [0.25, 0.3) is 0 Å². The van der Waals surface area contributed by atoms with Gasteiger partial charge in [0.2, 0.25) is 0 Å². The smallest absolute Gasteiger partial charge is 0.417 e. The van der Waals surface area contributed by atoms with E-state index < -0.39 is 17.7 Å². The van der Waals surface area contributed by atoms with E-state index in [1.54, 1.807) is 45.0 Å². The van der Waals surface area contributed by atoms with E-state index in [9.17, 15) is 9.59 Å². The molecule has 1 rings (SSSR count). The highest BCUT2D eigenvalue weighted by Gasteiger charge is 2.23. The van der Waals surface area contributed by atoms with Crippen LogP contribution in [-0.4, -0.2) is 24.4 Å². The van der Waals surface area contributed by atoms with Crippen LogP contribution in [0.2, 0.25) is 0 Å². The molecule has 0 aliphatic heterocycles. The molecule has 0 N–H and O–H groups in total. The van der Waals surface area contributed by atoms with Gasteiger partial charge in [-0.1, -0.05) is 18.2 Å². The highest BCUT2D eigenvalue weighted by atomic mass is 16.6. The molecule has 0 aliphatic rings. The van der Waals surface area contributed by atoms with Gasteiger partial charge in [0.1, 0.15) is 5.60 Å². The molecule has 1 amide bonds. The second kappa shape index (κ2) is 6.22. The van der Waals surface area contributed by atoms with Crippen molar-refractivity contribution in [3.63, 3.8) is 0 Å². The number of hydrogen-bond donors (Lipinski definition) is 0. The fourth-order valence-electron chi connectivity index (χ4n) is 1.31. The summed E-state index contributed by atoms with van der Waals surface area (Å²) in [5.41, 5.74) is -0.00152. The molecule has 1 aromatic rings. The Balaban J connectivity index is 2.86. The molecular formula is C14H19NO4. The van der Waals surface area contributed by atoms with Crippen molar-refractivity contribution in [2.75, 3.05) is 11.6 Å². The molecule has 0 saturated carbocycles. The largest absolute Gasteiger partial charge is 0.444 e. The minimum absolute atomic E-state index is 0.172. The van der Waals surface area contributed by atoms with Crippen LogP contribution in [0.3, 0.4) is 0 Å². The third-order valence-corrected chi connectivity index (χ3v) is 2.08. The number of rotatable bonds is 3. The molecule has 0 aromatic heterocycles. The van der Waals surface area contributed by atoms with E-state index in [4.69, 9.17) is 9.47 Å². The SMILES string of the molecule is CC(=O)OCN(C(=O)OC(C)(C)C)c1ccccc1. The predicted octanol–water partition coefficient (Wildman–Crippen LogP) is 2.95. The highest BCUT2D eigenvalue weighted by Crippen LogP contribution is 2.17. The molecule has 19 heavy (non-hydrogen) atoms. The Morgan fingerprint density at radius 1 is 1.16 bits per heavy atom. The molecule has 0 bridgehead atoms. The summed E-state index contributed by atoms with van der Waals surface area (Å²) < 4.78 is 10.2. The number of amides is 1. The first-order valence-electron chi connectivity index (χ1n) is 5.98. The molecule has 1 aromatic carbocycles. The Morgan fingerprint density at radius 2 is 1.74 bits per heavy atom. The molecule has 5 heteroatoms. The van der Waals surface area contributed by atoms with Gasteiger partial charge in [-0.25, -0.2) is 9.69 Å². The number of nitrogens with zero attached hydrogens (tertiary/aromatic N) is 1. The maximum absolute atomic E-state index is 12.1. The number of anilines is 1. The first-order chi connectivity index (χ1) is 8.79. The van der Waals surface area contributed by atoms with Crippen molar-refractivity contribution in [1.82, 2.24) is 0 Å². The van der Waals surface area contributed by atoms with Gasteiger partial charge in [0.15, 0.2) is 6.73 Å². The summed E-state index contributed by atoms with van der Waals surface area (Å²) in [5, 5.41) is 0. The van der Waals surface area contributed by atoms with E-state index in [2.05, 4.69) is 0 Å². The molecular weight excluding hydrogens is 246 g/mol. The number of esters is 1. The summed E-state index contributed by atoms with van der Waals surface area (Å²) in [6, 6.07) is 8.91. The van der Waals surface area contributed by atoms with Gasteiger partial charge in [0, 0.05) is 6.92 Å². The van der Waals surface area contributed by atoms with Gasteiger partial charge in [-0.05, 0) is 32.9 Å². The van der Waals surface area contributed by atoms with Crippen molar-refractivity contribution in [2.24, 2.45) is 0 Å². The molecule has 0 radical (unpaired) electrons. The third-order valence-electron chi connectivity index (χ3n) is 2.08. The zero-order chi connectivity index (χ0) is 14.5. The van der Waals surface area contributed by atoms with Gasteiger partial charge in [-0.3, -0.25) is 4.79 Å². The highest BCUT2D eigenvalue weighted by molar-refractivity contribution is 5.87. The topological polar surface area (TPSA) is 55.8 Å². The lowest BCUT2D eigenvalue weighted by atomic mass is 10.2. The standard InChI is InChI=1S/C14H19NO4/c1-11(16)18-10-15(12-8-6-5-7-9-12)13(17)19-14(2,3)4/h5-9H,10H2,1-4H3. The van der Waals surface area contributed by atoms with Gasteiger partial charge in [0.05, 0.1) is 5.69 Å². The average molecular weight is 265 g/mol. The summed E-state index contributed by atoms with van der Waals surface area (Å²) in [6.45, 7) is 6.45. The van der Waals surface area contributed by atoms with Gasteiger partial charge < -0.3 is 9.47 Å². The Kier molecular flexibility index (Phi) is 4.92. The Hall–Kier alpha value is -2.04. The zero-order valence-electron chi connectivity index (χ0n) is 11.7. The summed E-state index contributed by atoms with van der Waals surface area (Å²) in [6.07, 6.45) is -0.556. The molecule has 0 unspecified atom stereocenters. The molecule has 0 fully saturated rings. The number of ether oxygens (including phenoxy) is 2. The van der Waals surface area contributed by atoms with Crippen LogP contribution in [-0.2, 0) is 14.3 Å². The van der Waals surface area contributed by atoms with Crippen LogP contribution in [0, 0.1) is 0 Å². The number of carbonyl (C=O) groups excluding carboxylic acids is 2. The molecule has 0 aliphatic carbocycles. The van der Waals surface area contributed by atoms with E-state index in [-0.39, 0.29) is 6.73 Å². The molecule has 0 atom stereocenters. The lowest BCUT2D eigenvalue weighted by Gasteiger charge is -2.26. The van der Waals surface area contributed by atoms with Crippen molar-refractivity contribution in [1.29, 1.82) is 0 Å². The lowest BCUT2D eigenvalue weighted by molar-refractivity contribution is -0.140. The van der Waals surface area contributed by atoms with E-state index in [1.165, 1.54) is 11.8 Å². The molecule has 104 valence electrons. The molecule has 0 spiro atoms. The van der Waals surface area contributed by atoms with Crippen molar-refractivity contribution in [2.45, 2.75) is 33.3 Å². The molecule has 0 heterocycles. The summed E-state index contributed by atoms with van der Waals surface area (Å²) >= 11 is 0. The maximum atomic E-state index is 12.1. The number of benzene rings is 1. The van der Waals surface area contributed by atoms with E-state index in [0.29, 0.717) is 5.69 Å². The van der Waals surface area contributed by atoms with E-state index >= 15 is 0 Å². The average Bonchev–Trinajstić information content (AvgIpc) is 2.27. The summed E-state index contributed by atoms with van der Waals surface area (Å²) in [4.78, 5) is 24.2. The monoisotopic (exact) mass is 265 g/mol. The van der Waals surface area contributed by atoms with Crippen LogP contribution in [0.5, 0.6) is 0 Å². The number of hydrogen-bond acceptors (Lipinski definition) is 4. The Bertz CT molecular complexity index is 437. The van der Waals surface area contributed by atoms with E-state index in [0.717, 1.165) is 0 Å². The number of carbonyl (C=O) groups is 2. The predicted molar refractivity (Wildman–Crippen MR) is 71.8 cm³/mol. The molecule has 0 saturated heterocycles. The fraction of sp³-hybridized carbons (Fsp3) is 0.429. The number of para-hydroxylation sites is 1. The minimum atomic E-state index is -0.611. The van der Waals surface area contributed by atoms with Crippen LogP contribution < -0.4 is 4.90 Å². The summed E-state index contributed by atoms with van der Waals surface area (Å²) in [5.74, 6) is -0.454. The van der Waals surface area contributed by atoms with Gasteiger partial charge in [-0.2, -0.15) is 0 Å². The van der Waals surface area contributed by atoms with Gasteiger partial charge in [-0.15, -0.1) is 0 Å². The second-order valence-electron chi connectivity index (χ2n) is 5.01. The van der Waals surface area contributed by atoms with Crippen molar-refractivity contribution >= 4 is 17.7 Å². The van der Waals surface area contributed by atoms with Crippen molar-refractivity contribution in [3.8, 4) is 0 Å². The Morgan fingerprint density at radius 3 is 2.21 bits per heavy atom. The zero-order valence-corrected chi connectivity index (χ0v) is 11.7. The van der Waals surface area contributed by atoms with Crippen LogP contribution in [0.4, 0.5) is 10.5 Å². The second-order valence-corrected chi connectivity index (χ2v) is 5.01. The van der Waals surface area contributed by atoms with Crippen LogP contribution in [0.1, 0.15) is 27.7 Å². The Labute approximate surface area is 113 Å². The first kappa shape index (κ1) is 15.0. The normalized spacial score (nSPS) is 10.7. The van der Waals surface area contributed by atoms with Crippen LogP contribution >= 0.6 is 0 Å². The third kappa shape index (κ3) is 5.42. The fourth-order valence-corrected chi connectivity index (χ4v) is 1.31. The first-order valence-corrected chi connectivity index (χ1v) is 5.98. The van der Waals surface area contributed by atoms with E-state index in [1.807, 2.05) is 6.07 Å². The van der Waals surface area contributed by atoms with Crippen molar-refractivity contribution < 1.29 is 19.1 Å². The molecule has 5 nitrogen and oxygen atoms in total. The van der Waals surface area contributed by atoms with Crippen LogP contribution in [0.25, 0.3) is 0 Å². The van der Waals surface area contributed by atoms with Crippen molar-refractivity contribution in [3.05, 3.63) is 30.3 Å².